The van der Waals surface area contributed by atoms with Gasteiger partial charge in [0.2, 0.25) is 0 Å². The van der Waals surface area contributed by atoms with Crippen LogP contribution in [0.3, 0.4) is 0 Å². The summed E-state index contributed by atoms with van der Waals surface area (Å²) >= 11 is 0. The van der Waals surface area contributed by atoms with Crippen LogP contribution in [0.5, 0.6) is 0 Å². The molecule has 0 radical (unpaired) electrons. The molecule has 0 saturated carbocycles. The highest BCUT2D eigenvalue weighted by Crippen LogP contribution is 2.37. The fourth-order valence-corrected chi connectivity index (χ4v) is 4.60. The monoisotopic (exact) mass is 490 g/mol. The van der Waals surface area contributed by atoms with Gasteiger partial charge in [0.1, 0.15) is 6.04 Å². The molecule has 3 heterocycles. The molecule has 4 rings (SSSR count). The second-order valence-electron chi connectivity index (χ2n) is 8.57. The van der Waals surface area contributed by atoms with Crippen LogP contribution in [0.15, 0.2) is 30.7 Å². The number of imidazole rings is 1. The summed E-state index contributed by atoms with van der Waals surface area (Å²) < 4.78 is 80.5. The minimum absolute atomic E-state index is 0.0343. The molecular formula is C21H24F6N6O. The first kappa shape index (κ1) is 24.3. The van der Waals surface area contributed by atoms with Gasteiger partial charge in [-0.2, -0.15) is 26.3 Å². The Hall–Kier alpha value is -2.80. The van der Waals surface area contributed by atoms with E-state index in [0.29, 0.717) is 37.0 Å². The lowest BCUT2D eigenvalue weighted by Crippen LogP contribution is -2.54. The second kappa shape index (κ2) is 9.10. The summed E-state index contributed by atoms with van der Waals surface area (Å²) in [5, 5.41) is 0. The Morgan fingerprint density at radius 1 is 1.06 bits per heavy atom. The summed E-state index contributed by atoms with van der Waals surface area (Å²) in [6, 6.07) is 0.545. The van der Waals surface area contributed by atoms with E-state index in [2.05, 4.69) is 20.7 Å². The fraction of sp³-hybridized carbons (Fsp3) is 0.524. The third-order valence-corrected chi connectivity index (χ3v) is 6.28. The first-order valence-corrected chi connectivity index (χ1v) is 10.7. The summed E-state index contributed by atoms with van der Waals surface area (Å²) in [4.78, 5) is 21.6. The van der Waals surface area contributed by atoms with Crippen LogP contribution < -0.4 is 10.9 Å². The largest absolute Gasteiger partial charge is 0.416 e. The molecule has 2 atom stereocenters. The molecule has 34 heavy (non-hydrogen) atoms. The number of benzene rings is 1. The van der Waals surface area contributed by atoms with E-state index in [4.69, 9.17) is 0 Å². The number of hydrogen-bond donors (Lipinski definition) is 2. The van der Waals surface area contributed by atoms with E-state index < -0.39 is 41.1 Å². The van der Waals surface area contributed by atoms with E-state index in [1.807, 2.05) is 4.90 Å². The molecule has 2 N–H and O–H groups in total. The summed E-state index contributed by atoms with van der Waals surface area (Å²) in [6.45, 7) is 2.97. The number of carbonyl (C=O) groups excluding carboxylic acids is 1. The molecule has 0 bridgehead atoms. The zero-order valence-corrected chi connectivity index (χ0v) is 18.2. The molecule has 0 spiro atoms. The molecule has 2 aromatic rings. The standard InChI is InChI=1S/C21H24F6N6O/c1-31-12-28-10-17(31)18(33-6-5-32-4-2-3-16(32)11-33)19(34)30-29-15-8-13(20(22,23)24)7-14(9-15)21(25,26)27/h7-10,12,16,18,29H,2-6,11H2,1H3,(H,30,34)/t16-,18?/m1/s1. The number of fused-ring (bicyclic) bond motifs is 1. The topological polar surface area (TPSA) is 65.4 Å². The number of hydrazine groups is 1. The van der Waals surface area contributed by atoms with Crippen molar-refractivity contribution in [3.8, 4) is 0 Å². The number of nitrogens with zero attached hydrogens (tertiary/aromatic N) is 4. The van der Waals surface area contributed by atoms with Gasteiger partial charge in [-0.15, -0.1) is 0 Å². The summed E-state index contributed by atoms with van der Waals surface area (Å²) in [5.74, 6) is -0.610. The first-order chi connectivity index (χ1) is 15.9. The Bertz CT molecular complexity index is 1000. The van der Waals surface area contributed by atoms with Crippen molar-refractivity contribution in [1.29, 1.82) is 0 Å². The summed E-state index contributed by atoms with van der Waals surface area (Å²) in [5.41, 5.74) is 1.65. The zero-order valence-electron chi connectivity index (χ0n) is 18.2. The maximum Gasteiger partial charge on any atom is 0.416 e. The van der Waals surface area contributed by atoms with E-state index >= 15 is 0 Å². The van der Waals surface area contributed by atoms with Crippen molar-refractivity contribution in [2.45, 2.75) is 37.3 Å². The van der Waals surface area contributed by atoms with E-state index in [1.54, 1.807) is 11.6 Å². The predicted octanol–water partition coefficient (Wildman–Crippen LogP) is 3.42. The number of halogens is 6. The second-order valence-corrected chi connectivity index (χ2v) is 8.57. The van der Waals surface area contributed by atoms with Crippen molar-refractivity contribution in [1.82, 2.24) is 24.8 Å². The van der Waals surface area contributed by atoms with E-state index in [-0.39, 0.29) is 6.07 Å². The van der Waals surface area contributed by atoms with Crippen molar-refractivity contribution < 1.29 is 31.1 Å². The third kappa shape index (κ3) is 5.14. The van der Waals surface area contributed by atoms with Gasteiger partial charge in [-0.3, -0.25) is 25.4 Å². The molecule has 13 heteroatoms. The van der Waals surface area contributed by atoms with Crippen LogP contribution in [-0.2, 0) is 24.2 Å². The smallest absolute Gasteiger partial charge is 0.336 e. The van der Waals surface area contributed by atoms with Crippen LogP contribution in [-0.4, -0.2) is 57.5 Å². The number of anilines is 1. The van der Waals surface area contributed by atoms with E-state index in [9.17, 15) is 31.1 Å². The molecule has 1 amide bonds. The number of piperazine rings is 1. The molecule has 1 aromatic heterocycles. The van der Waals surface area contributed by atoms with Crippen LogP contribution >= 0.6 is 0 Å². The Morgan fingerprint density at radius 2 is 1.74 bits per heavy atom. The highest BCUT2D eigenvalue weighted by molar-refractivity contribution is 5.84. The molecule has 0 aliphatic carbocycles. The van der Waals surface area contributed by atoms with Crippen LogP contribution in [0, 0.1) is 0 Å². The number of carbonyl (C=O) groups is 1. The Kier molecular flexibility index (Phi) is 6.51. The number of alkyl halides is 6. The normalized spacial score (nSPS) is 20.7. The average Bonchev–Trinajstić information content (AvgIpc) is 3.40. The molecule has 2 saturated heterocycles. The molecule has 1 aromatic carbocycles. The molecular weight excluding hydrogens is 466 g/mol. The van der Waals surface area contributed by atoms with Gasteiger partial charge in [-0.05, 0) is 37.6 Å². The van der Waals surface area contributed by atoms with Crippen LogP contribution in [0.1, 0.15) is 35.7 Å². The highest BCUT2D eigenvalue weighted by Gasteiger charge is 2.39. The maximum absolute atomic E-state index is 13.2. The minimum Gasteiger partial charge on any atom is -0.336 e. The van der Waals surface area contributed by atoms with E-state index in [1.165, 1.54) is 12.5 Å². The number of amides is 1. The minimum atomic E-state index is -4.99. The quantitative estimate of drug-likeness (QED) is 0.497. The van der Waals surface area contributed by atoms with Crippen molar-refractivity contribution >= 4 is 11.6 Å². The number of hydrogen-bond acceptors (Lipinski definition) is 5. The van der Waals surface area contributed by atoms with Gasteiger partial charge < -0.3 is 4.57 Å². The fourth-order valence-electron chi connectivity index (χ4n) is 4.60. The Morgan fingerprint density at radius 3 is 2.32 bits per heavy atom. The van der Waals surface area contributed by atoms with Crippen LogP contribution in [0.4, 0.5) is 32.0 Å². The number of rotatable bonds is 5. The predicted molar refractivity (Wildman–Crippen MR) is 110 cm³/mol. The van der Waals surface area contributed by atoms with Crippen LogP contribution in [0.2, 0.25) is 0 Å². The van der Waals surface area contributed by atoms with Gasteiger partial charge in [0.25, 0.3) is 5.91 Å². The molecule has 2 aliphatic rings. The Labute approximate surface area is 191 Å². The van der Waals surface area contributed by atoms with E-state index in [0.717, 1.165) is 25.9 Å². The van der Waals surface area contributed by atoms with Crippen molar-refractivity contribution in [2.24, 2.45) is 7.05 Å². The van der Waals surface area contributed by atoms with Gasteiger partial charge in [0.15, 0.2) is 0 Å². The first-order valence-electron chi connectivity index (χ1n) is 10.7. The van der Waals surface area contributed by atoms with Gasteiger partial charge in [-0.1, -0.05) is 0 Å². The third-order valence-electron chi connectivity index (χ3n) is 6.28. The summed E-state index contributed by atoms with van der Waals surface area (Å²) in [6.07, 6.45) is -4.85. The lowest BCUT2D eigenvalue weighted by molar-refractivity contribution is -0.143. The Balaban J connectivity index is 1.56. The molecule has 2 fully saturated rings. The van der Waals surface area contributed by atoms with Gasteiger partial charge in [0.05, 0.1) is 35.0 Å². The van der Waals surface area contributed by atoms with Crippen LogP contribution in [0.25, 0.3) is 0 Å². The molecule has 2 aliphatic heterocycles. The van der Waals surface area contributed by atoms with Gasteiger partial charge >= 0.3 is 12.4 Å². The number of aromatic nitrogens is 2. The van der Waals surface area contributed by atoms with Crippen molar-refractivity contribution in [3.63, 3.8) is 0 Å². The van der Waals surface area contributed by atoms with Crippen molar-refractivity contribution in [3.05, 3.63) is 47.5 Å². The number of aryl methyl sites for hydroxylation is 1. The maximum atomic E-state index is 13.2. The lowest BCUT2D eigenvalue weighted by Gasteiger charge is -2.40. The summed E-state index contributed by atoms with van der Waals surface area (Å²) in [7, 11) is 1.71. The van der Waals surface area contributed by atoms with Gasteiger partial charge in [0, 0.05) is 32.7 Å². The SMILES string of the molecule is Cn1cncc1C(C(=O)NNc1cc(C(F)(F)F)cc(C(F)(F)F)c1)N1CCN2CCC[C@@H]2C1. The lowest BCUT2D eigenvalue weighted by atomic mass is 10.1. The number of nitrogens with one attached hydrogen (secondary N) is 2. The average molecular weight is 490 g/mol. The highest BCUT2D eigenvalue weighted by atomic mass is 19.4. The zero-order chi connectivity index (χ0) is 24.7. The molecule has 7 nitrogen and oxygen atoms in total. The van der Waals surface area contributed by atoms with Gasteiger partial charge in [-0.25, -0.2) is 4.98 Å². The molecule has 186 valence electrons. The molecule has 1 unspecified atom stereocenters. The van der Waals surface area contributed by atoms with Crippen molar-refractivity contribution in [2.75, 3.05) is 31.6 Å².